The summed E-state index contributed by atoms with van der Waals surface area (Å²) in [4.78, 5) is 23.9. The van der Waals surface area contributed by atoms with Gasteiger partial charge in [0.25, 0.3) is 5.91 Å². The fraction of sp³-hybridized carbons (Fsp3) is 0.217. The van der Waals surface area contributed by atoms with Crippen LogP contribution >= 0.6 is 0 Å². The van der Waals surface area contributed by atoms with E-state index in [1.54, 1.807) is 18.7 Å². The zero-order valence-corrected chi connectivity index (χ0v) is 18.1. The van der Waals surface area contributed by atoms with Crippen LogP contribution in [0.3, 0.4) is 0 Å². The van der Waals surface area contributed by atoms with E-state index in [0.717, 1.165) is 16.7 Å². The molecule has 1 amide bonds. The highest BCUT2D eigenvalue weighted by Gasteiger charge is 2.20. The van der Waals surface area contributed by atoms with E-state index in [1.165, 1.54) is 31.4 Å². The van der Waals surface area contributed by atoms with Gasteiger partial charge in [-0.2, -0.15) is 10.2 Å². The van der Waals surface area contributed by atoms with Gasteiger partial charge < -0.3 is 9.84 Å². The molecule has 0 bridgehead atoms. The zero-order valence-electron chi connectivity index (χ0n) is 18.1. The summed E-state index contributed by atoms with van der Waals surface area (Å²) in [5.74, 6) is -0.947. The molecule has 160 valence electrons. The number of nitrogens with one attached hydrogen (secondary N) is 1. The van der Waals surface area contributed by atoms with E-state index >= 15 is 0 Å². The molecule has 1 heterocycles. The number of aryl methyl sites for hydroxylation is 3. The highest BCUT2D eigenvalue weighted by atomic mass is 16.5. The second-order valence-electron chi connectivity index (χ2n) is 7.25. The maximum absolute atomic E-state index is 12.4. The van der Waals surface area contributed by atoms with Crippen molar-refractivity contribution < 1.29 is 19.4 Å². The Kier molecular flexibility index (Phi) is 6.20. The van der Waals surface area contributed by atoms with Crippen LogP contribution in [-0.2, 0) is 11.8 Å². The van der Waals surface area contributed by atoms with Gasteiger partial charge in [-0.05, 0) is 57.2 Å². The van der Waals surface area contributed by atoms with Gasteiger partial charge in [-0.1, -0.05) is 17.2 Å². The third kappa shape index (κ3) is 4.63. The highest BCUT2D eigenvalue weighted by molar-refractivity contribution is 6.02. The van der Waals surface area contributed by atoms with Crippen molar-refractivity contribution in [1.29, 1.82) is 0 Å². The van der Waals surface area contributed by atoms with Gasteiger partial charge in [-0.15, -0.1) is 0 Å². The second-order valence-corrected chi connectivity index (χ2v) is 7.25. The molecule has 0 aliphatic carbocycles. The van der Waals surface area contributed by atoms with Crippen molar-refractivity contribution in [2.75, 3.05) is 7.11 Å². The number of aromatic nitrogens is 2. The van der Waals surface area contributed by atoms with E-state index in [2.05, 4.69) is 26.4 Å². The molecular weight excluding hydrogens is 396 g/mol. The first-order chi connectivity index (χ1) is 14.7. The van der Waals surface area contributed by atoms with Crippen LogP contribution < -0.4 is 5.43 Å². The summed E-state index contributed by atoms with van der Waals surface area (Å²) in [6.45, 7) is 5.63. The predicted octanol–water partition coefficient (Wildman–Crippen LogP) is 3.35. The van der Waals surface area contributed by atoms with Crippen LogP contribution in [0.5, 0.6) is 5.75 Å². The first kappa shape index (κ1) is 21.8. The van der Waals surface area contributed by atoms with Crippen molar-refractivity contribution in [3.63, 3.8) is 0 Å². The normalized spacial score (nSPS) is 11.3. The van der Waals surface area contributed by atoms with Crippen LogP contribution in [0.1, 0.15) is 44.5 Å². The van der Waals surface area contributed by atoms with Gasteiger partial charge in [0.1, 0.15) is 5.69 Å². The Morgan fingerprint density at radius 3 is 2.23 bits per heavy atom. The summed E-state index contributed by atoms with van der Waals surface area (Å²) in [7, 11) is 3.03. The minimum atomic E-state index is -0.481. The summed E-state index contributed by atoms with van der Waals surface area (Å²) in [6.07, 6.45) is 0. The molecule has 0 saturated heterocycles. The van der Waals surface area contributed by atoms with Gasteiger partial charge in [0.15, 0.2) is 11.4 Å². The van der Waals surface area contributed by atoms with Crippen LogP contribution in [0.25, 0.3) is 11.3 Å². The van der Waals surface area contributed by atoms with Crippen molar-refractivity contribution in [2.45, 2.75) is 20.8 Å². The van der Waals surface area contributed by atoms with Crippen LogP contribution in [0, 0.1) is 13.8 Å². The summed E-state index contributed by atoms with van der Waals surface area (Å²) in [5, 5.41) is 19.2. The molecule has 0 unspecified atom stereocenters. The van der Waals surface area contributed by atoms with E-state index in [0.29, 0.717) is 22.5 Å². The summed E-state index contributed by atoms with van der Waals surface area (Å²) >= 11 is 0. The second kappa shape index (κ2) is 8.83. The standard InChI is InChI=1S/C23H24N4O4/c1-13-10-14(2)12-18(11-13)20-21(28)19(26-27(20)4)15(3)24-25-22(29)16-6-8-17(9-7-16)23(30)31-5/h6-12,28H,1-5H3,(H,25,29)/b24-15-. The van der Waals surface area contributed by atoms with Crippen LogP contribution in [-0.4, -0.2) is 39.6 Å². The number of methoxy groups -OCH3 is 1. The minimum absolute atomic E-state index is 0.00886. The molecule has 0 fully saturated rings. The van der Waals surface area contributed by atoms with Crippen molar-refractivity contribution in [1.82, 2.24) is 15.2 Å². The summed E-state index contributed by atoms with van der Waals surface area (Å²) in [6, 6.07) is 12.0. The molecule has 0 aliphatic heterocycles. The Balaban J connectivity index is 1.82. The molecule has 31 heavy (non-hydrogen) atoms. The summed E-state index contributed by atoms with van der Waals surface area (Å²) in [5.41, 5.74) is 7.31. The third-order valence-corrected chi connectivity index (χ3v) is 4.75. The van der Waals surface area contributed by atoms with Crippen LogP contribution in [0.4, 0.5) is 0 Å². The number of hydrazone groups is 1. The fourth-order valence-electron chi connectivity index (χ4n) is 3.32. The van der Waals surface area contributed by atoms with Crippen molar-refractivity contribution in [2.24, 2.45) is 12.1 Å². The Labute approximate surface area is 180 Å². The maximum atomic E-state index is 12.4. The predicted molar refractivity (Wildman–Crippen MR) is 117 cm³/mol. The molecule has 0 spiro atoms. The molecule has 1 aromatic heterocycles. The van der Waals surface area contributed by atoms with Gasteiger partial charge in [-0.3, -0.25) is 9.48 Å². The van der Waals surface area contributed by atoms with Gasteiger partial charge in [-0.25, -0.2) is 10.2 Å². The molecule has 8 nitrogen and oxygen atoms in total. The first-order valence-electron chi connectivity index (χ1n) is 9.59. The Bertz CT molecular complexity index is 1160. The van der Waals surface area contributed by atoms with E-state index in [4.69, 9.17) is 0 Å². The van der Waals surface area contributed by atoms with Crippen LogP contribution in [0.2, 0.25) is 0 Å². The lowest BCUT2D eigenvalue weighted by Gasteiger charge is -2.06. The number of hydrogen-bond donors (Lipinski definition) is 2. The highest BCUT2D eigenvalue weighted by Crippen LogP contribution is 2.33. The summed E-state index contributed by atoms with van der Waals surface area (Å²) < 4.78 is 6.23. The van der Waals surface area contributed by atoms with Gasteiger partial charge in [0.05, 0.1) is 18.4 Å². The number of aromatic hydroxyl groups is 1. The molecule has 8 heteroatoms. The number of ether oxygens (including phenoxy) is 1. The number of hydrogen-bond acceptors (Lipinski definition) is 6. The van der Waals surface area contributed by atoms with E-state index in [9.17, 15) is 14.7 Å². The molecule has 0 saturated carbocycles. The molecule has 0 radical (unpaired) electrons. The zero-order chi connectivity index (χ0) is 22.7. The van der Waals surface area contributed by atoms with Crippen LogP contribution in [0.15, 0.2) is 47.6 Å². The lowest BCUT2D eigenvalue weighted by molar-refractivity contribution is 0.0600. The number of carbonyl (C=O) groups is 2. The SMILES string of the molecule is COC(=O)c1ccc(C(=O)N/N=C(/C)c2nn(C)c(-c3cc(C)cc(C)c3)c2O)cc1. The number of benzene rings is 2. The quantitative estimate of drug-likeness (QED) is 0.374. The largest absolute Gasteiger partial charge is 0.504 e. The smallest absolute Gasteiger partial charge is 0.337 e. The molecular formula is C23H24N4O4. The van der Waals surface area contributed by atoms with Crippen molar-refractivity contribution in [3.05, 3.63) is 70.4 Å². The molecule has 0 aliphatic rings. The Morgan fingerprint density at radius 1 is 1.06 bits per heavy atom. The number of esters is 1. The number of carbonyl (C=O) groups excluding carboxylic acids is 2. The van der Waals surface area contributed by atoms with Gasteiger partial charge in [0, 0.05) is 18.2 Å². The lowest BCUT2D eigenvalue weighted by atomic mass is 10.0. The Hall–Kier alpha value is -3.94. The van der Waals surface area contributed by atoms with Gasteiger partial charge >= 0.3 is 5.97 Å². The van der Waals surface area contributed by atoms with Crippen molar-refractivity contribution in [3.8, 4) is 17.0 Å². The van der Waals surface area contributed by atoms with Crippen molar-refractivity contribution >= 4 is 17.6 Å². The van der Waals surface area contributed by atoms with E-state index in [1.807, 2.05) is 26.0 Å². The molecule has 3 aromatic rings. The first-order valence-corrected chi connectivity index (χ1v) is 9.59. The number of amides is 1. The average molecular weight is 420 g/mol. The topological polar surface area (TPSA) is 106 Å². The van der Waals surface area contributed by atoms with Gasteiger partial charge in [0.2, 0.25) is 0 Å². The number of nitrogens with zero attached hydrogens (tertiary/aromatic N) is 3. The minimum Gasteiger partial charge on any atom is -0.504 e. The lowest BCUT2D eigenvalue weighted by Crippen LogP contribution is -2.19. The fourth-order valence-corrected chi connectivity index (χ4v) is 3.32. The van der Waals surface area contributed by atoms with E-state index in [-0.39, 0.29) is 11.4 Å². The average Bonchev–Trinajstić information content (AvgIpc) is 3.04. The monoisotopic (exact) mass is 420 g/mol. The Morgan fingerprint density at radius 2 is 1.65 bits per heavy atom. The molecule has 2 aromatic carbocycles. The number of rotatable bonds is 5. The van der Waals surface area contributed by atoms with E-state index < -0.39 is 11.9 Å². The molecule has 2 N–H and O–H groups in total. The third-order valence-electron chi connectivity index (χ3n) is 4.75. The molecule has 3 rings (SSSR count). The molecule has 0 atom stereocenters. The maximum Gasteiger partial charge on any atom is 0.337 e.